The number of hydrogen-bond acceptors (Lipinski definition) is 2. The Morgan fingerprint density at radius 1 is 1.22 bits per heavy atom. The number of nitrogens with one attached hydrogen (secondary N) is 1. The van der Waals surface area contributed by atoms with Crippen molar-refractivity contribution >= 4 is 23.0 Å². The fourth-order valence-electron chi connectivity index (χ4n) is 1.81. The third kappa shape index (κ3) is 2.56. The second-order valence-corrected chi connectivity index (χ2v) is 4.19. The minimum Gasteiger partial charge on any atom is -0.343 e. The van der Waals surface area contributed by atoms with Crippen LogP contribution in [0, 0.1) is 0 Å². The summed E-state index contributed by atoms with van der Waals surface area (Å²) in [6.07, 6.45) is 1.36. The van der Waals surface area contributed by atoms with Gasteiger partial charge < -0.3 is 10.1 Å². The maximum Gasteiger partial charge on any atom is 0.251 e. The number of aldehydes is 1. The van der Waals surface area contributed by atoms with Crippen LogP contribution >= 0.6 is 0 Å². The van der Waals surface area contributed by atoms with E-state index in [0.29, 0.717) is 12.0 Å². The molecular formula is C15H15NO2. The molecule has 1 atom stereocenters. The largest absolute Gasteiger partial charge is 0.343 e. The van der Waals surface area contributed by atoms with Crippen LogP contribution < -0.4 is 5.32 Å². The first-order chi connectivity index (χ1) is 8.74. The SMILES string of the molecule is CCC(C=O)NC(=O)c1ccc2ccccc2c1. The Morgan fingerprint density at radius 3 is 2.61 bits per heavy atom. The molecule has 0 spiro atoms. The van der Waals surface area contributed by atoms with Gasteiger partial charge in [-0.25, -0.2) is 0 Å². The summed E-state index contributed by atoms with van der Waals surface area (Å²) >= 11 is 0. The molecule has 1 amide bonds. The Morgan fingerprint density at radius 2 is 1.94 bits per heavy atom. The Labute approximate surface area is 106 Å². The molecule has 1 N–H and O–H groups in total. The van der Waals surface area contributed by atoms with Crippen molar-refractivity contribution in [1.82, 2.24) is 5.32 Å². The summed E-state index contributed by atoms with van der Waals surface area (Å²) in [5.41, 5.74) is 0.578. The number of fused-ring (bicyclic) bond motifs is 1. The molecule has 18 heavy (non-hydrogen) atoms. The van der Waals surface area contributed by atoms with E-state index in [0.717, 1.165) is 17.1 Å². The van der Waals surface area contributed by atoms with Gasteiger partial charge in [-0.05, 0) is 29.3 Å². The van der Waals surface area contributed by atoms with E-state index in [1.807, 2.05) is 43.3 Å². The topological polar surface area (TPSA) is 46.2 Å². The van der Waals surface area contributed by atoms with Gasteiger partial charge in [0.05, 0.1) is 6.04 Å². The molecule has 0 aromatic heterocycles. The third-order valence-electron chi connectivity index (χ3n) is 2.93. The second kappa shape index (κ2) is 5.45. The first-order valence-corrected chi connectivity index (χ1v) is 5.99. The molecule has 0 bridgehead atoms. The lowest BCUT2D eigenvalue weighted by atomic mass is 10.1. The Hall–Kier alpha value is -2.16. The Kier molecular flexibility index (Phi) is 3.72. The van der Waals surface area contributed by atoms with Crippen LogP contribution in [0.5, 0.6) is 0 Å². The average molecular weight is 241 g/mol. The fraction of sp³-hybridized carbons (Fsp3) is 0.200. The molecule has 3 heteroatoms. The fourth-order valence-corrected chi connectivity index (χ4v) is 1.81. The van der Waals surface area contributed by atoms with E-state index in [1.165, 1.54) is 0 Å². The van der Waals surface area contributed by atoms with E-state index in [2.05, 4.69) is 5.32 Å². The summed E-state index contributed by atoms with van der Waals surface area (Å²) in [5, 5.41) is 4.80. The van der Waals surface area contributed by atoms with Crippen molar-refractivity contribution in [3.63, 3.8) is 0 Å². The predicted octanol–water partition coefficient (Wildman–Crippen LogP) is 2.55. The number of rotatable bonds is 4. The number of carbonyl (C=O) groups is 2. The molecular weight excluding hydrogens is 226 g/mol. The summed E-state index contributed by atoms with van der Waals surface area (Å²) in [6.45, 7) is 1.86. The van der Waals surface area contributed by atoms with Crippen molar-refractivity contribution in [2.75, 3.05) is 0 Å². The van der Waals surface area contributed by atoms with Gasteiger partial charge in [-0.1, -0.05) is 37.3 Å². The van der Waals surface area contributed by atoms with Gasteiger partial charge in [0.1, 0.15) is 6.29 Å². The molecule has 2 aromatic rings. The maximum atomic E-state index is 11.9. The molecule has 0 radical (unpaired) electrons. The van der Waals surface area contributed by atoms with Crippen LogP contribution in [-0.4, -0.2) is 18.2 Å². The van der Waals surface area contributed by atoms with E-state index in [1.54, 1.807) is 6.07 Å². The van der Waals surface area contributed by atoms with Crippen molar-refractivity contribution in [1.29, 1.82) is 0 Å². The molecule has 1 unspecified atom stereocenters. The highest BCUT2D eigenvalue weighted by Gasteiger charge is 2.11. The van der Waals surface area contributed by atoms with E-state index < -0.39 is 6.04 Å². The highest BCUT2D eigenvalue weighted by molar-refractivity contribution is 5.99. The van der Waals surface area contributed by atoms with Crippen LogP contribution in [0.3, 0.4) is 0 Å². The first kappa shape index (κ1) is 12.3. The molecule has 2 rings (SSSR count). The lowest BCUT2D eigenvalue weighted by Gasteiger charge is -2.10. The van der Waals surface area contributed by atoms with Gasteiger partial charge in [-0.2, -0.15) is 0 Å². The van der Waals surface area contributed by atoms with Crippen molar-refractivity contribution in [3.05, 3.63) is 48.0 Å². The number of carbonyl (C=O) groups excluding carboxylic acids is 2. The zero-order chi connectivity index (χ0) is 13.0. The number of benzene rings is 2. The van der Waals surface area contributed by atoms with Crippen LogP contribution in [0.4, 0.5) is 0 Å². The Bertz CT molecular complexity index is 577. The summed E-state index contributed by atoms with van der Waals surface area (Å²) in [6, 6.07) is 13.0. The number of hydrogen-bond donors (Lipinski definition) is 1. The maximum absolute atomic E-state index is 11.9. The normalized spacial score (nSPS) is 12.1. The van der Waals surface area contributed by atoms with Crippen molar-refractivity contribution < 1.29 is 9.59 Å². The van der Waals surface area contributed by atoms with Crippen LogP contribution in [0.15, 0.2) is 42.5 Å². The third-order valence-corrected chi connectivity index (χ3v) is 2.93. The molecule has 0 aliphatic carbocycles. The second-order valence-electron chi connectivity index (χ2n) is 4.19. The molecule has 0 heterocycles. The van der Waals surface area contributed by atoms with Crippen molar-refractivity contribution in [3.8, 4) is 0 Å². The van der Waals surface area contributed by atoms with Gasteiger partial charge in [0.2, 0.25) is 0 Å². The molecule has 0 aliphatic rings. The lowest BCUT2D eigenvalue weighted by Crippen LogP contribution is -2.35. The van der Waals surface area contributed by atoms with E-state index >= 15 is 0 Å². The highest BCUT2D eigenvalue weighted by Crippen LogP contribution is 2.15. The average Bonchev–Trinajstić information content (AvgIpc) is 2.44. The van der Waals surface area contributed by atoms with E-state index in [-0.39, 0.29) is 5.91 Å². The Balaban J connectivity index is 2.25. The van der Waals surface area contributed by atoms with E-state index in [4.69, 9.17) is 0 Å². The summed E-state index contributed by atoms with van der Waals surface area (Å²) in [7, 11) is 0. The standard InChI is InChI=1S/C15H15NO2/c1-2-14(10-17)16-15(18)13-8-7-11-5-3-4-6-12(11)9-13/h3-10,14H,2H2,1H3,(H,16,18). The van der Waals surface area contributed by atoms with Crippen LogP contribution in [0.2, 0.25) is 0 Å². The minimum atomic E-state index is -0.413. The zero-order valence-electron chi connectivity index (χ0n) is 10.2. The molecule has 0 saturated carbocycles. The molecule has 3 nitrogen and oxygen atoms in total. The van der Waals surface area contributed by atoms with Gasteiger partial charge in [0.25, 0.3) is 5.91 Å². The highest BCUT2D eigenvalue weighted by atomic mass is 16.2. The monoisotopic (exact) mass is 241 g/mol. The van der Waals surface area contributed by atoms with Gasteiger partial charge in [0, 0.05) is 5.56 Å². The van der Waals surface area contributed by atoms with Crippen LogP contribution in [-0.2, 0) is 4.79 Å². The summed E-state index contributed by atoms with van der Waals surface area (Å²) in [4.78, 5) is 22.6. The minimum absolute atomic E-state index is 0.209. The zero-order valence-corrected chi connectivity index (χ0v) is 10.2. The smallest absolute Gasteiger partial charge is 0.251 e. The van der Waals surface area contributed by atoms with Gasteiger partial charge in [0.15, 0.2) is 0 Å². The molecule has 0 fully saturated rings. The predicted molar refractivity (Wildman–Crippen MR) is 71.6 cm³/mol. The molecule has 0 aliphatic heterocycles. The first-order valence-electron chi connectivity index (χ1n) is 5.99. The van der Waals surface area contributed by atoms with Gasteiger partial charge in [-0.15, -0.1) is 0 Å². The summed E-state index contributed by atoms with van der Waals surface area (Å²) < 4.78 is 0. The van der Waals surface area contributed by atoms with Gasteiger partial charge >= 0.3 is 0 Å². The van der Waals surface area contributed by atoms with E-state index in [9.17, 15) is 9.59 Å². The van der Waals surface area contributed by atoms with Crippen molar-refractivity contribution in [2.24, 2.45) is 0 Å². The molecule has 0 saturated heterocycles. The van der Waals surface area contributed by atoms with Gasteiger partial charge in [-0.3, -0.25) is 4.79 Å². The summed E-state index contributed by atoms with van der Waals surface area (Å²) in [5.74, 6) is -0.209. The molecule has 92 valence electrons. The van der Waals surface area contributed by atoms with Crippen LogP contribution in [0.1, 0.15) is 23.7 Å². The van der Waals surface area contributed by atoms with Crippen LogP contribution in [0.25, 0.3) is 10.8 Å². The number of amides is 1. The molecule has 2 aromatic carbocycles. The van der Waals surface area contributed by atoms with Crippen molar-refractivity contribution in [2.45, 2.75) is 19.4 Å². The quantitative estimate of drug-likeness (QED) is 0.836. The lowest BCUT2D eigenvalue weighted by molar-refractivity contribution is -0.109.